The van der Waals surface area contributed by atoms with Gasteiger partial charge in [-0.05, 0) is 32.2 Å². The Labute approximate surface area is 123 Å². The molecule has 112 valence electrons. The lowest BCUT2D eigenvalue weighted by Crippen LogP contribution is -2.49. The Morgan fingerprint density at radius 2 is 2.10 bits per heavy atom. The van der Waals surface area contributed by atoms with Gasteiger partial charge in [-0.2, -0.15) is 0 Å². The quantitative estimate of drug-likeness (QED) is 0.927. The smallest absolute Gasteiger partial charge is 0.410 e. The lowest BCUT2D eigenvalue weighted by atomic mass is 10.1. The average molecular weight is 298 g/mol. The maximum Gasteiger partial charge on any atom is 0.410 e. The molecule has 0 aliphatic heterocycles. The van der Waals surface area contributed by atoms with Gasteiger partial charge in [-0.3, -0.25) is 9.69 Å². The number of rotatable bonds is 4. The van der Waals surface area contributed by atoms with Crippen LogP contribution in [0, 0.1) is 0 Å². The largest absolute Gasteiger partial charge is 0.444 e. The van der Waals surface area contributed by atoms with E-state index in [1.165, 1.54) is 4.90 Å². The molecule has 0 spiro atoms. The molecule has 0 aliphatic carbocycles. The van der Waals surface area contributed by atoms with Crippen LogP contribution < -0.4 is 5.32 Å². The normalized spacial score (nSPS) is 12.7. The number of carbonyl (C=O) groups is 2. The summed E-state index contributed by atoms with van der Waals surface area (Å²) < 4.78 is 5.30. The summed E-state index contributed by atoms with van der Waals surface area (Å²) in [6.45, 7) is 5.40. The molecular formula is C14H22N2O3S. The van der Waals surface area contributed by atoms with Crippen molar-refractivity contribution in [3.63, 3.8) is 0 Å². The summed E-state index contributed by atoms with van der Waals surface area (Å²) in [6.07, 6.45) is -0.0183. The fraction of sp³-hybridized carbons (Fsp3) is 0.571. The zero-order valence-corrected chi connectivity index (χ0v) is 13.4. The number of carbonyl (C=O) groups excluding carboxylic acids is 2. The minimum Gasteiger partial charge on any atom is -0.444 e. The van der Waals surface area contributed by atoms with Crippen molar-refractivity contribution in [2.24, 2.45) is 0 Å². The second kappa shape index (κ2) is 6.74. The molecular weight excluding hydrogens is 276 g/mol. The Morgan fingerprint density at radius 3 is 2.55 bits per heavy atom. The Kier molecular flexibility index (Phi) is 5.56. The molecule has 0 radical (unpaired) electrons. The van der Waals surface area contributed by atoms with Gasteiger partial charge in [-0.1, -0.05) is 6.07 Å². The number of nitrogens with one attached hydrogen (secondary N) is 1. The van der Waals surface area contributed by atoms with Gasteiger partial charge in [0.1, 0.15) is 11.6 Å². The topological polar surface area (TPSA) is 58.6 Å². The first-order chi connectivity index (χ1) is 9.24. The van der Waals surface area contributed by atoms with Gasteiger partial charge in [-0.25, -0.2) is 4.79 Å². The van der Waals surface area contributed by atoms with E-state index in [1.54, 1.807) is 46.2 Å². The second-order valence-electron chi connectivity index (χ2n) is 5.50. The number of ether oxygens (including phenoxy) is 1. The first kappa shape index (κ1) is 16.5. The molecule has 0 aliphatic rings. The fourth-order valence-corrected chi connectivity index (χ4v) is 2.40. The zero-order chi connectivity index (χ0) is 15.3. The number of amides is 2. The maximum absolute atomic E-state index is 12.1. The summed E-state index contributed by atoms with van der Waals surface area (Å²) in [4.78, 5) is 26.5. The van der Waals surface area contributed by atoms with Crippen LogP contribution in [0.2, 0.25) is 0 Å². The van der Waals surface area contributed by atoms with Crippen LogP contribution in [0.4, 0.5) is 4.79 Å². The highest BCUT2D eigenvalue weighted by molar-refractivity contribution is 7.09. The molecule has 5 nitrogen and oxygen atoms in total. The number of nitrogens with zero attached hydrogens (tertiary/aromatic N) is 1. The van der Waals surface area contributed by atoms with E-state index >= 15 is 0 Å². The molecule has 1 atom stereocenters. The Hall–Kier alpha value is -1.56. The van der Waals surface area contributed by atoms with E-state index in [1.807, 2.05) is 17.5 Å². The lowest BCUT2D eigenvalue weighted by molar-refractivity contribution is -0.125. The van der Waals surface area contributed by atoms with E-state index in [-0.39, 0.29) is 5.91 Å². The van der Waals surface area contributed by atoms with E-state index in [0.717, 1.165) is 4.88 Å². The van der Waals surface area contributed by atoms with E-state index in [0.29, 0.717) is 6.42 Å². The summed E-state index contributed by atoms with van der Waals surface area (Å²) in [5.41, 5.74) is -0.582. The van der Waals surface area contributed by atoms with Crippen LogP contribution in [0.15, 0.2) is 17.5 Å². The van der Waals surface area contributed by atoms with Crippen molar-refractivity contribution >= 4 is 23.3 Å². The van der Waals surface area contributed by atoms with E-state index in [9.17, 15) is 9.59 Å². The highest BCUT2D eigenvalue weighted by Gasteiger charge is 2.30. The summed E-state index contributed by atoms with van der Waals surface area (Å²) in [6, 6.07) is 3.30. The second-order valence-corrected chi connectivity index (χ2v) is 6.54. The van der Waals surface area contributed by atoms with Crippen LogP contribution in [0.1, 0.15) is 25.6 Å². The summed E-state index contributed by atoms with van der Waals surface area (Å²) in [5, 5.41) is 4.54. The highest BCUT2D eigenvalue weighted by atomic mass is 32.1. The average Bonchev–Trinajstić information content (AvgIpc) is 2.85. The summed E-state index contributed by atoms with van der Waals surface area (Å²) in [7, 11) is 3.15. The molecule has 0 fully saturated rings. The molecule has 1 aromatic heterocycles. The van der Waals surface area contributed by atoms with Crippen LogP contribution in [0.3, 0.4) is 0 Å². The van der Waals surface area contributed by atoms with Crippen LogP contribution in [-0.2, 0) is 16.0 Å². The predicted molar refractivity (Wildman–Crippen MR) is 79.9 cm³/mol. The molecule has 0 saturated carbocycles. The van der Waals surface area contributed by atoms with Crippen molar-refractivity contribution < 1.29 is 14.3 Å². The molecule has 1 aromatic rings. The zero-order valence-electron chi connectivity index (χ0n) is 12.6. The van der Waals surface area contributed by atoms with Gasteiger partial charge in [0.25, 0.3) is 0 Å². The van der Waals surface area contributed by atoms with Crippen molar-refractivity contribution in [1.29, 1.82) is 0 Å². The number of hydrogen-bond donors (Lipinski definition) is 1. The number of hydrogen-bond acceptors (Lipinski definition) is 4. The van der Waals surface area contributed by atoms with Crippen LogP contribution >= 0.6 is 11.3 Å². The predicted octanol–water partition coefficient (Wildman–Crippen LogP) is 2.27. The summed E-state index contributed by atoms with van der Waals surface area (Å²) in [5.74, 6) is -0.202. The SMILES string of the molecule is CNC(=O)C(Cc1cccs1)N(C)C(=O)OC(C)(C)C. The summed E-state index contributed by atoms with van der Waals surface area (Å²) >= 11 is 1.56. The molecule has 6 heteroatoms. The van der Waals surface area contributed by atoms with Crippen molar-refractivity contribution in [2.45, 2.75) is 38.8 Å². The third kappa shape index (κ3) is 4.85. The molecule has 20 heavy (non-hydrogen) atoms. The van der Waals surface area contributed by atoms with Crippen LogP contribution in [-0.4, -0.2) is 42.6 Å². The van der Waals surface area contributed by atoms with Crippen LogP contribution in [0.25, 0.3) is 0 Å². The Balaban J connectivity index is 2.82. The van der Waals surface area contributed by atoms with E-state index in [2.05, 4.69) is 5.32 Å². The van der Waals surface area contributed by atoms with Crippen LogP contribution in [0.5, 0.6) is 0 Å². The van der Waals surface area contributed by atoms with Gasteiger partial charge >= 0.3 is 6.09 Å². The molecule has 1 unspecified atom stereocenters. The lowest BCUT2D eigenvalue weighted by Gasteiger charge is -2.29. The molecule has 0 saturated heterocycles. The van der Waals surface area contributed by atoms with Crippen molar-refractivity contribution in [3.8, 4) is 0 Å². The third-order valence-corrected chi connectivity index (χ3v) is 3.57. The molecule has 2 amide bonds. The first-order valence-electron chi connectivity index (χ1n) is 6.44. The van der Waals surface area contributed by atoms with Gasteiger partial charge in [0.2, 0.25) is 5.91 Å². The van der Waals surface area contributed by atoms with Crippen molar-refractivity contribution in [3.05, 3.63) is 22.4 Å². The molecule has 1 N–H and O–H groups in total. The maximum atomic E-state index is 12.1. The minimum absolute atomic E-state index is 0.202. The van der Waals surface area contributed by atoms with Gasteiger partial charge in [0.05, 0.1) is 0 Å². The minimum atomic E-state index is -0.582. The van der Waals surface area contributed by atoms with Gasteiger partial charge in [0, 0.05) is 25.4 Å². The fourth-order valence-electron chi connectivity index (χ4n) is 1.65. The van der Waals surface area contributed by atoms with E-state index < -0.39 is 17.7 Å². The third-order valence-electron chi connectivity index (χ3n) is 2.67. The van der Waals surface area contributed by atoms with Gasteiger partial charge in [0.15, 0.2) is 0 Å². The standard InChI is InChI=1S/C14H22N2O3S/c1-14(2,3)19-13(18)16(5)11(12(17)15-4)9-10-7-6-8-20-10/h6-8,11H,9H2,1-5H3,(H,15,17). The molecule has 1 rings (SSSR count). The monoisotopic (exact) mass is 298 g/mol. The molecule has 1 heterocycles. The molecule has 0 aromatic carbocycles. The van der Waals surface area contributed by atoms with Crippen molar-refractivity contribution in [2.75, 3.05) is 14.1 Å². The Morgan fingerprint density at radius 1 is 1.45 bits per heavy atom. The number of thiophene rings is 1. The van der Waals surface area contributed by atoms with Gasteiger partial charge in [-0.15, -0.1) is 11.3 Å². The molecule has 0 bridgehead atoms. The van der Waals surface area contributed by atoms with Gasteiger partial charge < -0.3 is 10.1 Å². The van der Waals surface area contributed by atoms with Crippen molar-refractivity contribution in [1.82, 2.24) is 10.2 Å². The Bertz CT molecular complexity index is 451. The first-order valence-corrected chi connectivity index (χ1v) is 7.32. The van der Waals surface area contributed by atoms with E-state index in [4.69, 9.17) is 4.74 Å². The highest BCUT2D eigenvalue weighted by Crippen LogP contribution is 2.16. The number of likely N-dealkylation sites (N-methyl/N-ethyl adjacent to an activating group) is 2.